The van der Waals surface area contributed by atoms with E-state index >= 15 is 0 Å². The van der Waals surface area contributed by atoms with Crippen LogP contribution in [0, 0.1) is 0 Å². The van der Waals surface area contributed by atoms with Gasteiger partial charge in [0.15, 0.2) is 0 Å². The van der Waals surface area contributed by atoms with E-state index in [0.717, 1.165) is 13.1 Å². The molecule has 1 aromatic heterocycles. The Hall–Kier alpha value is -1.95. The Bertz CT molecular complexity index is 456. The highest BCUT2D eigenvalue weighted by molar-refractivity contribution is 5.93. The molecule has 2 heterocycles. The van der Waals surface area contributed by atoms with Gasteiger partial charge in [-0.1, -0.05) is 0 Å². The molecule has 20 heavy (non-hydrogen) atoms. The van der Waals surface area contributed by atoms with E-state index in [9.17, 15) is 9.59 Å². The van der Waals surface area contributed by atoms with E-state index < -0.39 is 0 Å². The van der Waals surface area contributed by atoms with Crippen molar-refractivity contribution in [2.45, 2.75) is 6.42 Å². The molecule has 6 nitrogen and oxygen atoms in total. The molecule has 0 bridgehead atoms. The fourth-order valence-electron chi connectivity index (χ4n) is 2.20. The van der Waals surface area contributed by atoms with E-state index in [1.165, 1.54) is 7.11 Å². The summed E-state index contributed by atoms with van der Waals surface area (Å²) in [4.78, 5) is 31.3. The number of piperazine rings is 1. The topological polar surface area (TPSA) is 62.7 Å². The predicted octanol–water partition coefficient (Wildman–Crippen LogP) is 0.402. The maximum absolute atomic E-state index is 12.2. The van der Waals surface area contributed by atoms with Crippen LogP contribution in [0.1, 0.15) is 16.8 Å². The number of nitrogens with zero attached hydrogens (tertiary/aromatic N) is 3. The Morgan fingerprint density at radius 3 is 2.65 bits per heavy atom. The molecule has 0 radical (unpaired) electrons. The molecule has 6 heteroatoms. The molecule has 1 amide bonds. The van der Waals surface area contributed by atoms with Crippen LogP contribution in [-0.2, 0) is 9.53 Å². The van der Waals surface area contributed by atoms with Crippen LogP contribution < -0.4 is 0 Å². The van der Waals surface area contributed by atoms with Crippen molar-refractivity contribution < 1.29 is 14.3 Å². The van der Waals surface area contributed by atoms with Gasteiger partial charge in [0.05, 0.1) is 19.1 Å². The lowest BCUT2D eigenvalue weighted by Crippen LogP contribution is -2.49. The second-order valence-electron chi connectivity index (χ2n) is 4.70. The first-order valence-corrected chi connectivity index (χ1v) is 6.69. The second-order valence-corrected chi connectivity index (χ2v) is 4.70. The van der Waals surface area contributed by atoms with Gasteiger partial charge in [0.25, 0.3) is 5.91 Å². The van der Waals surface area contributed by atoms with Crippen molar-refractivity contribution in [1.29, 1.82) is 0 Å². The summed E-state index contributed by atoms with van der Waals surface area (Å²) >= 11 is 0. The maximum atomic E-state index is 12.2. The largest absolute Gasteiger partial charge is 0.469 e. The Morgan fingerprint density at radius 1 is 1.30 bits per heavy atom. The summed E-state index contributed by atoms with van der Waals surface area (Å²) in [7, 11) is 1.40. The number of rotatable bonds is 4. The van der Waals surface area contributed by atoms with Crippen LogP contribution in [0.5, 0.6) is 0 Å². The van der Waals surface area contributed by atoms with Gasteiger partial charge >= 0.3 is 5.97 Å². The lowest BCUT2D eigenvalue weighted by Gasteiger charge is -2.34. The van der Waals surface area contributed by atoms with Crippen LogP contribution in [0.2, 0.25) is 0 Å². The highest BCUT2D eigenvalue weighted by Gasteiger charge is 2.22. The summed E-state index contributed by atoms with van der Waals surface area (Å²) < 4.78 is 4.62. The van der Waals surface area contributed by atoms with E-state index in [0.29, 0.717) is 31.6 Å². The minimum Gasteiger partial charge on any atom is -0.469 e. The quantitative estimate of drug-likeness (QED) is 0.746. The van der Waals surface area contributed by atoms with E-state index in [4.69, 9.17) is 0 Å². The van der Waals surface area contributed by atoms with Crippen LogP contribution in [0.15, 0.2) is 24.5 Å². The van der Waals surface area contributed by atoms with Crippen LogP contribution in [0.4, 0.5) is 0 Å². The van der Waals surface area contributed by atoms with Crippen LogP contribution in [-0.4, -0.2) is 66.5 Å². The third-order valence-corrected chi connectivity index (χ3v) is 3.43. The van der Waals surface area contributed by atoms with Gasteiger partial charge in [-0.25, -0.2) is 0 Å². The number of carbonyl (C=O) groups is 2. The molecule has 0 saturated carbocycles. The van der Waals surface area contributed by atoms with Crippen LogP contribution >= 0.6 is 0 Å². The molecule has 0 unspecified atom stereocenters. The summed E-state index contributed by atoms with van der Waals surface area (Å²) in [5.74, 6) is -0.176. The summed E-state index contributed by atoms with van der Waals surface area (Å²) in [5.41, 5.74) is 0.621. The molecule has 0 N–H and O–H groups in total. The average molecular weight is 277 g/mol. The molecule has 1 saturated heterocycles. The molecule has 108 valence electrons. The highest BCUT2D eigenvalue weighted by Crippen LogP contribution is 2.08. The number of hydrogen-bond donors (Lipinski definition) is 0. The van der Waals surface area contributed by atoms with Crippen molar-refractivity contribution in [2.75, 3.05) is 39.8 Å². The van der Waals surface area contributed by atoms with E-state index in [2.05, 4.69) is 14.6 Å². The first kappa shape index (κ1) is 14.5. The zero-order chi connectivity index (χ0) is 14.4. The normalized spacial score (nSPS) is 15.9. The molecule has 0 aliphatic carbocycles. The number of pyridine rings is 1. The fourth-order valence-corrected chi connectivity index (χ4v) is 2.20. The van der Waals surface area contributed by atoms with E-state index in [1.807, 2.05) is 4.90 Å². The van der Waals surface area contributed by atoms with Crippen molar-refractivity contribution in [3.63, 3.8) is 0 Å². The minimum absolute atomic E-state index is 0.0192. The smallest absolute Gasteiger partial charge is 0.306 e. The number of carbonyl (C=O) groups excluding carboxylic acids is 2. The van der Waals surface area contributed by atoms with Crippen molar-refractivity contribution in [3.8, 4) is 0 Å². The van der Waals surface area contributed by atoms with Gasteiger partial charge in [-0.05, 0) is 12.1 Å². The molecule has 1 aliphatic rings. The minimum atomic E-state index is -0.195. The first-order chi connectivity index (χ1) is 9.70. The molecule has 2 rings (SSSR count). The molecule has 0 aromatic carbocycles. The van der Waals surface area contributed by atoms with Gasteiger partial charge in [-0.2, -0.15) is 0 Å². The Labute approximate surface area is 118 Å². The lowest BCUT2D eigenvalue weighted by molar-refractivity contribution is -0.141. The van der Waals surface area contributed by atoms with Crippen LogP contribution in [0.3, 0.4) is 0 Å². The molecule has 1 aromatic rings. The molecular formula is C14H19N3O3. The molecule has 0 spiro atoms. The third kappa shape index (κ3) is 3.77. The van der Waals surface area contributed by atoms with Gasteiger partial charge in [0, 0.05) is 45.1 Å². The number of esters is 1. The zero-order valence-corrected chi connectivity index (χ0v) is 11.6. The van der Waals surface area contributed by atoms with E-state index in [1.54, 1.807) is 24.5 Å². The number of hydrogen-bond acceptors (Lipinski definition) is 5. The fraction of sp³-hybridized carbons (Fsp3) is 0.500. The summed E-state index contributed by atoms with van der Waals surface area (Å²) in [5, 5.41) is 0. The highest BCUT2D eigenvalue weighted by atomic mass is 16.5. The van der Waals surface area contributed by atoms with Crippen molar-refractivity contribution in [2.24, 2.45) is 0 Å². The van der Waals surface area contributed by atoms with Gasteiger partial charge in [-0.3, -0.25) is 19.5 Å². The second kappa shape index (κ2) is 7.00. The first-order valence-electron chi connectivity index (χ1n) is 6.69. The zero-order valence-electron chi connectivity index (χ0n) is 11.6. The molecular weight excluding hydrogens is 258 g/mol. The van der Waals surface area contributed by atoms with Crippen molar-refractivity contribution in [3.05, 3.63) is 30.1 Å². The maximum Gasteiger partial charge on any atom is 0.306 e. The predicted molar refractivity (Wildman–Crippen MR) is 73.2 cm³/mol. The Balaban J connectivity index is 1.79. The van der Waals surface area contributed by atoms with Crippen molar-refractivity contribution >= 4 is 11.9 Å². The number of methoxy groups -OCH3 is 1. The molecule has 0 atom stereocenters. The number of ether oxygens (including phenoxy) is 1. The van der Waals surface area contributed by atoms with Gasteiger partial charge in [-0.15, -0.1) is 0 Å². The third-order valence-electron chi connectivity index (χ3n) is 3.43. The molecule has 1 fully saturated rings. The SMILES string of the molecule is COC(=O)CCN1CCN(C(=O)c2cccnc2)CC1. The Morgan fingerprint density at radius 2 is 2.05 bits per heavy atom. The number of amides is 1. The average Bonchev–Trinajstić information content (AvgIpc) is 2.53. The number of aromatic nitrogens is 1. The van der Waals surface area contributed by atoms with Gasteiger partial charge in [0.1, 0.15) is 0 Å². The Kier molecular flexibility index (Phi) is 5.06. The molecule has 1 aliphatic heterocycles. The van der Waals surface area contributed by atoms with Crippen LogP contribution in [0.25, 0.3) is 0 Å². The summed E-state index contributed by atoms with van der Waals surface area (Å²) in [6.45, 7) is 3.59. The monoisotopic (exact) mass is 277 g/mol. The standard InChI is InChI=1S/C14H19N3O3/c1-20-13(18)4-6-16-7-9-17(10-8-16)14(19)12-3-2-5-15-11-12/h2-3,5,11H,4,6-10H2,1H3. The van der Waals surface area contributed by atoms with Gasteiger partial charge < -0.3 is 9.64 Å². The van der Waals surface area contributed by atoms with Crippen molar-refractivity contribution in [1.82, 2.24) is 14.8 Å². The van der Waals surface area contributed by atoms with Gasteiger partial charge in [0.2, 0.25) is 0 Å². The van der Waals surface area contributed by atoms with E-state index in [-0.39, 0.29) is 11.9 Å². The summed E-state index contributed by atoms with van der Waals surface area (Å²) in [6, 6.07) is 3.54. The lowest BCUT2D eigenvalue weighted by atomic mass is 10.2. The summed E-state index contributed by atoms with van der Waals surface area (Å²) in [6.07, 6.45) is 3.64.